The van der Waals surface area contributed by atoms with Crippen LogP contribution >= 0.6 is 23.1 Å². The molecule has 0 aliphatic heterocycles. The molecule has 0 spiro atoms. The standard InChI is InChI=1S/C25H29N3O6S2/c1-31-17-8-6-15(7-9-17)19-14-36-25(27-19)28-24(30)18(10-11-35-5)26-23(29)16-12-20(32-2)22(34-4)21(13-16)33-3/h6-9,12-14,18H,10-11H2,1-5H3,(H,26,29)(H,27,28,30)/t18-/m0/s1. The zero-order valence-electron chi connectivity index (χ0n) is 20.7. The summed E-state index contributed by atoms with van der Waals surface area (Å²) in [5.74, 6) is 1.73. The second kappa shape index (κ2) is 13.0. The van der Waals surface area contributed by atoms with Crippen LogP contribution in [0.4, 0.5) is 5.13 Å². The molecule has 3 aromatic rings. The van der Waals surface area contributed by atoms with Gasteiger partial charge < -0.3 is 29.6 Å². The number of carbonyl (C=O) groups excluding carboxylic acids is 2. The van der Waals surface area contributed by atoms with Crippen molar-refractivity contribution in [2.24, 2.45) is 0 Å². The monoisotopic (exact) mass is 531 g/mol. The molecule has 0 radical (unpaired) electrons. The zero-order valence-corrected chi connectivity index (χ0v) is 22.4. The molecular weight excluding hydrogens is 502 g/mol. The summed E-state index contributed by atoms with van der Waals surface area (Å²) in [5.41, 5.74) is 1.92. The normalized spacial score (nSPS) is 11.4. The molecule has 2 amide bonds. The molecule has 9 nitrogen and oxygen atoms in total. The molecule has 0 saturated carbocycles. The number of aromatic nitrogens is 1. The van der Waals surface area contributed by atoms with Gasteiger partial charge in [-0.1, -0.05) is 0 Å². The Kier molecular flexibility index (Phi) is 9.83. The lowest BCUT2D eigenvalue weighted by Gasteiger charge is -2.19. The van der Waals surface area contributed by atoms with Crippen LogP contribution in [0.1, 0.15) is 16.8 Å². The number of rotatable bonds is 12. The zero-order chi connectivity index (χ0) is 26.1. The summed E-state index contributed by atoms with van der Waals surface area (Å²) in [6, 6.07) is 9.83. The molecule has 36 heavy (non-hydrogen) atoms. The van der Waals surface area contributed by atoms with E-state index >= 15 is 0 Å². The molecule has 1 aromatic heterocycles. The second-order valence-corrected chi connectivity index (χ2v) is 9.32. The molecule has 11 heteroatoms. The Hall–Kier alpha value is -3.44. The van der Waals surface area contributed by atoms with Crippen molar-refractivity contribution < 1.29 is 28.5 Å². The van der Waals surface area contributed by atoms with E-state index in [0.29, 0.717) is 34.6 Å². The van der Waals surface area contributed by atoms with Crippen molar-refractivity contribution in [3.05, 3.63) is 47.3 Å². The van der Waals surface area contributed by atoms with Crippen molar-refractivity contribution in [1.82, 2.24) is 10.3 Å². The summed E-state index contributed by atoms with van der Waals surface area (Å²) in [6.07, 6.45) is 2.39. The molecular formula is C25H29N3O6S2. The SMILES string of the molecule is COc1ccc(-c2csc(NC(=O)[C@H](CCSC)NC(=O)c3cc(OC)c(OC)c(OC)c3)n2)cc1. The minimum absolute atomic E-state index is 0.280. The third-order valence-corrected chi connectivity index (χ3v) is 6.68. The maximum Gasteiger partial charge on any atom is 0.252 e. The van der Waals surface area contributed by atoms with Gasteiger partial charge in [-0.25, -0.2) is 4.98 Å². The van der Waals surface area contributed by atoms with Crippen LogP contribution in [0.2, 0.25) is 0 Å². The molecule has 1 atom stereocenters. The van der Waals surface area contributed by atoms with Gasteiger partial charge in [-0.15, -0.1) is 11.3 Å². The summed E-state index contributed by atoms with van der Waals surface area (Å²) < 4.78 is 21.2. The average Bonchev–Trinajstić information content (AvgIpc) is 3.38. The number of thiazole rings is 1. The molecule has 0 aliphatic carbocycles. The third kappa shape index (κ3) is 6.61. The Morgan fingerprint density at radius 3 is 2.22 bits per heavy atom. The number of thioether (sulfide) groups is 1. The number of hydrogen-bond donors (Lipinski definition) is 2. The van der Waals surface area contributed by atoms with Crippen molar-refractivity contribution in [1.29, 1.82) is 0 Å². The van der Waals surface area contributed by atoms with Crippen molar-refractivity contribution in [2.45, 2.75) is 12.5 Å². The number of nitrogens with zero attached hydrogens (tertiary/aromatic N) is 1. The summed E-state index contributed by atoms with van der Waals surface area (Å²) in [6.45, 7) is 0. The minimum atomic E-state index is -0.766. The number of anilines is 1. The Labute approximate surface area is 218 Å². The average molecular weight is 532 g/mol. The Bertz CT molecular complexity index is 1160. The van der Waals surface area contributed by atoms with Crippen LogP contribution < -0.4 is 29.6 Å². The maximum absolute atomic E-state index is 13.1. The lowest BCUT2D eigenvalue weighted by molar-refractivity contribution is -0.118. The summed E-state index contributed by atoms with van der Waals surface area (Å²) in [7, 11) is 6.05. The Balaban J connectivity index is 1.75. The molecule has 2 N–H and O–H groups in total. The minimum Gasteiger partial charge on any atom is -0.497 e. The van der Waals surface area contributed by atoms with Crippen molar-refractivity contribution in [2.75, 3.05) is 45.8 Å². The molecule has 0 bridgehead atoms. The number of hydrogen-bond acceptors (Lipinski definition) is 9. The van der Waals surface area contributed by atoms with Gasteiger partial charge in [0.2, 0.25) is 11.7 Å². The van der Waals surface area contributed by atoms with Gasteiger partial charge in [0, 0.05) is 16.5 Å². The highest BCUT2D eigenvalue weighted by atomic mass is 32.2. The molecule has 2 aromatic carbocycles. The van der Waals surface area contributed by atoms with Gasteiger partial charge in [0.15, 0.2) is 16.6 Å². The number of benzene rings is 2. The van der Waals surface area contributed by atoms with Crippen LogP contribution in [0.25, 0.3) is 11.3 Å². The summed E-state index contributed by atoms with van der Waals surface area (Å²) in [4.78, 5) is 30.7. The first-order valence-corrected chi connectivity index (χ1v) is 13.2. The van der Waals surface area contributed by atoms with Crippen molar-refractivity contribution in [3.8, 4) is 34.3 Å². The molecule has 3 rings (SSSR count). The van der Waals surface area contributed by atoms with Crippen LogP contribution in [-0.2, 0) is 4.79 Å². The molecule has 0 saturated heterocycles. The van der Waals surface area contributed by atoms with Crippen LogP contribution in [0.15, 0.2) is 41.8 Å². The second-order valence-electron chi connectivity index (χ2n) is 7.48. The van der Waals surface area contributed by atoms with Gasteiger partial charge in [-0.3, -0.25) is 9.59 Å². The molecule has 1 heterocycles. The van der Waals surface area contributed by atoms with Crippen molar-refractivity contribution >= 4 is 40.0 Å². The first kappa shape index (κ1) is 27.2. The highest BCUT2D eigenvalue weighted by Crippen LogP contribution is 2.38. The van der Waals surface area contributed by atoms with Gasteiger partial charge in [0.25, 0.3) is 5.91 Å². The fraction of sp³-hybridized carbons (Fsp3) is 0.320. The topological polar surface area (TPSA) is 108 Å². The quantitative estimate of drug-likeness (QED) is 0.356. The van der Waals surface area contributed by atoms with E-state index in [2.05, 4.69) is 15.6 Å². The van der Waals surface area contributed by atoms with Gasteiger partial charge in [0.1, 0.15) is 11.8 Å². The number of carbonyl (C=O) groups is 2. The Morgan fingerprint density at radius 2 is 1.67 bits per heavy atom. The predicted molar refractivity (Wildman–Crippen MR) is 143 cm³/mol. The summed E-state index contributed by atoms with van der Waals surface area (Å²) >= 11 is 2.90. The van der Waals surface area contributed by atoms with Gasteiger partial charge in [-0.2, -0.15) is 11.8 Å². The molecule has 0 unspecified atom stereocenters. The highest BCUT2D eigenvalue weighted by Gasteiger charge is 2.24. The number of amides is 2. The van der Waals surface area contributed by atoms with Crippen molar-refractivity contribution in [3.63, 3.8) is 0 Å². The molecule has 0 fully saturated rings. The van der Waals surface area contributed by atoms with E-state index in [1.807, 2.05) is 35.9 Å². The number of methoxy groups -OCH3 is 4. The van der Waals surface area contributed by atoms with E-state index in [1.54, 1.807) is 31.0 Å². The fourth-order valence-electron chi connectivity index (χ4n) is 3.38. The van der Waals surface area contributed by atoms with Crippen LogP contribution in [0.5, 0.6) is 23.0 Å². The van der Waals surface area contributed by atoms with Crippen LogP contribution in [0.3, 0.4) is 0 Å². The lowest BCUT2D eigenvalue weighted by atomic mass is 10.1. The first-order valence-electron chi connectivity index (χ1n) is 10.9. The van der Waals surface area contributed by atoms with Gasteiger partial charge in [-0.05, 0) is 54.8 Å². The van der Waals surface area contributed by atoms with E-state index in [1.165, 1.54) is 32.7 Å². The predicted octanol–water partition coefficient (Wildman–Crippen LogP) is 4.33. The third-order valence-electron chi connectivity index (χ3n) is 5.28. The van der Waals surface area contributed by atoms with E-state index < -0.39 is 11.9 Å². The largest absolute Gasteiger partial charge is 0.497 e. The number of ether oxygens (including phenoxy) is 4. The van der Waals surface area contributed by atoms with E-state index in [-0.39, 0.29) is 11.5 Å². The smallest absolute Gasteiger partial charge is 0.252 e. The summed E-state index contributed by atoms with van der Waals surface area (Å²) in [5, 5.41) is 7.97. The van der Waals surface area contributed by atoms with Gasteiger partial charge >= 0.3 is 0 Å². The molecule has 192 valence electrons. The fourth-order valence-corrected chi connectivity index (χ4v) is 4.57. The highest BCUT2D eigenvalue weighted by molar-refractivity contribution is 7.98. The van der Waals surface area contributed by atoms with Gasteiger partial charge in [0.05, 0.1) is 34.1 Å². The van der Waals surface area contributed by atoms with E-state index in [0.717, 1.165) is 17.0 Å². The van der Waals surface area contributed by atoms with E-state index in [4.69, 9.17) is 18.9 Å². The van der Waals surface area contributed by atoms with Crippen LogP contribution in [-0.4, -0.2) is 63.3 Å². The van der Waals surface area contributed by atoms with Crippen LogP contribution in [0, 0.1) is 0 Å². The first-order chi connectivity index (χ1) is 17.4. The maximum atomic E-state index is 13.1. The van der Waals surface area contributed by atoms with E-state index in [9.17, 15) is 9.59 Å². The number of nitrogens with one attached hydrogen (secondary N) is 2. The Morgan fingerprint density at radius 1 is 1.00 bits per heavy atom. The lowest BCUT2D eigenvalue weighted by Crippen LogP contribution is -2.44. The molecule has 0 aliphatic rings.